The lowest BCUT2D eigenvalue weighted by atomic mass is 10.1. The van der Waals surface area contributed by atoms with Crippen LogP contribution in [0.25, 0.3) is 10.8 Å². The molecule has 0 N–H and O–H groups in total. The topological polar surface area (TPSA) is 23.6 Å². The summed E-state index contributed by atoms with van der Waals surface area (Å²) in [5.74, 6) is 0. The van der Waals surface area contributed by atoms with E-state index in [1.54, 1.807) is 8.61 Å². The average molecular weight is 276 g/mol. The van der Waals surface area contributed by atoms with Crippen molar-refractivity contribution in [2.24, 2.45) is 0 Å². The van der Waals surface area contributed by atoms with E-state index in [4.69, 9.17) is 0 Å². The Kier molecular flexibility index (Phi) is 2.87. The minimum absolute atomic E-state index is 0.00111. The number of hydrogen-bond acceptors (Lipinski definition) is 3. The molecule has 0 fully saturated rings. The van der Waals surface area contributed by atoms with E-state index in [-0.39, 0.29) is 6.03 Å². The van der Waals surface area contributed by atoms with E-state index in [9.17, 15) is 4.79 Å². The van der Waals surface area contributed by atoms with Crippen LogP contribution >= 0.6 is 23.9 Å². The van der Waals surface area contributed by atoms with Crippen molar-refractivity contribution in [3.8, 4) is 0 Å². The molecule has 3 rings (SSSR count). The van der Waals surface area contributed by atoms with Gasteiger partial charge in [0.1, 0.15) is 0 Å². The number of nitrogens with zero attached hydrogens (tertiary/aromatic N) is 2. The Labute approximate surface area is 114 Å². The maximum absolute atomic E-state index is 12.4. The molecule has 1 heterocycles. The van der Waals surface area contributed by atoms with E-state index in [1.807, 2.05) is 36.8 Å². The molecule has 92 valence electrons. The molecule has 2 aromatic rings. The highest BCUT2D eigenvalue weighted by atomic mass is 32.2. The fourth-order valence-corrected chi connectivity index (χ4v) is 3.51. The standard InChI is InChI=1S/C13H12N2OS2/c1-17-14-10-7-3-5-9-6-4-8-11(12(9)10)15(18-2)13(14)16/h3-8H,1-2H3. The fourth-order valence-electron chi connectivity index (χ4n) is 2.28. The van der Waals surface area contributed by atoms with E-state index in [0.29, 0.717) is 0 Å². The van der Waals surface area contributed by atoms with Crippen LogP contribution in [0.1, 0.15) is 0 Å². The van der Waals surface area contributed by atoms with E-state index in [0.717, 1.165) is 22.1 Å². The highest BCUT2D eigenvalue weighted by Crippen LogP contribution is 2.43. The third-order valence-electron chi connectivity index (χ3n) is 3.01. The van der Waals surface area contributed by atoms with Crippen LogP contribution < -0.4 is 8.61 Å². The van der Waals surface area contributed by atoms with Crippen molar-refractivity contribution in [1.29, 1.82) is 0 Å². The molecule has 0 saturated heterocycles. The number of benzene rings is 2. The molecule has 1 aliphatic rings. The molecule has 0 aliphatic carbocycles. The van der Waals surface area contributed by atoms with Gasteiger partial charge in [0.2, 0.25) is 0 Å². The van der Waals surface area contributed by atoms with Crippen molar-refractivity contribution in [3.63, 3.8) is 0 Å². The number of anilines is 2. The fraction of sp³-hybridized carbons (Fsp3) is 0.154. The Hall–Kier alpha value is -1.33. The summed E-state index contributed by atoms with van der Waals surface area (Å²) in [4.78, 5) is 12.4. The Balaban J connectivity index is 2.39. The van der Waals surface area contributed by atoms with Gasteiger partial charge in [-0.05, 0) is 41.4 Å². The predicted molar refractivity (Wildman–Crippen MR) is 81.3 cm³/mol. The first-order chi connectivity index (χ1) is 8.77. The molecule has 2 aromatic carbocycles. The maximum Gasteiger partial charge on any atom is 0.349 e. The Bertz CT molecular complexity index is 581. The zero-order valence-electron chi connectivity index (χ0n) is 10.1. The molecule has 3 nitrogen and oxygen atoms in total. The van der Waals surface area contributed by atoms with Crippen molar-refractivity contribution in [2.45, 2.75) is 0 Å². The molecule has 0 atom stereocenters. The molecule has 0 spiro atoms. The Morgan fingerprint density at radius 2 is 1.39 bits per heavy atom. The van der Waals surface area contributed by atoms with Gasteiger partial charge in [0.25, 0.3) is 0 Å². The van der Waals surface area contributed by atoms with Crippen molar-refractivity contribution < 1.29 is 4.79 Å². The number of carbonyl (C=O) groups is 1. The number of rotatable bonds is 2. The monoisotopic (exact) mass is 276 g/mol. The van der Waals surface area contributed by atoms with Crippen molar-refractivity contribution in [2.75, 3.05) is 21.1 Å². The zero-order chi connectivity index (χ0) is 12.7. The lowest BCUT2D eigenvalue weighted by molar-refractivity contribution is 0.258. The number of carbonyl (C=O) groups excluding carboxylic acids is 1. The average Bonchev–Trinajstić information content (AvgIpc) is 2.40. The maximum atomic E-state index is 12.4. The summed E-state index contributed by atoms with van der Waals surface area (Å²) in [5.41, 5.74) is 1.96. The molecular formula is C13H12N2OS2. The lowest BCUT2D eigenvalue weighted by Crippen LogP contribution is -2.38. The van der Waals surface area contributed by atoms with Crippen LogP contribution in [0.15, 0.2) is 36.4 Å². The normalized spacial score (nSPS) is 14.4. The summed E-state index contributed by atoms with van der Waals surface area (Å²) in [6.45, 7) is 0. The second kappa shape index (κ2) is 4.40. The molecule has 0 aromatic heterocycles. The second-order valence-electron chi connectivity index (χ2n) is 3.89. The summed E-state index contributed by atoms with van der Waals surface area (Å²) in [7, 11) is 0. The predicted octanol–water partition coefficient (Wildman–Crippen LogP) is 4.14. The highest BCUT2D eigenvalue weighted by Gasteiger charge is 2.31. The molecule has 2 amide bonds. The third kappa shape index (κ3) is 1.51. The molecule has 5 heteroatoms. The first kappa shape index (κ1) is 11.7. The molecule has 1 aliphatic heterocycles. The summed E-state index contributed by atoms with van der Waals surface area (Å²) in [6.07, 6.45) is 3.84. The molecule has 0 unspecified atom stereocenters. The van der Waals surface area contributed by atoms with E-state index < -0.39 is 0 Å². The Morgan fingerprint density at radius 3 is 1.83 bits per heavy atom. The highest BCUT2D eigenvalue weighted by molar-refractivity contribution is 8.02. The van der Waals surface area contributed by atoms with Crippen LogP contribution in [-0.4, -0.2) is 18.5 Å². The minimum Gasteiger partial charge on any atom is -0.246 e. The van der Waals surface area contributed by atoms with Crippen molar-refractivity contribution in [1.82, 2.24) is 0 Å². The molecule has 18 heavy (non-hydrogen) atoms. The van der Waals surface area contributed by atoms with Crippen LogP contribution in [0.2, 0.25) is 0 Å². The van der Waals surface area contributed by atoms with Crippen LogP contribution in [-0.2, 0) is 0 Å². The van der Waals surface area contributed by atoms with E-state index in [1.165, 1.54) is 23.9 Å². The smallest absolute Gasteiger partial charge is 0.246 e. The van der Waals surface area contributed by atoms with Crippen molar-refractivity contribution >= 4 is 52.1 Å². The minimum atomic E-state index is 0.00111. The number of amides is 2. The summed E-state index contributed by atoms with van der Waals surface area (Å²) >= 11 is 2.88. The summed E-state index contributed by atoms with van der Waals surface area (Å²) in [6, 6.07) is 12.1. The van der Waals surface area contributed by atoms with Gasteiger partial charge in [-0.15, -0.1) is 0 Å². The molecule has 0 radical (unpaired) electrons. The SMILES string of the molecule is CSN1C(=O)N(SC)c2cccc3cccc1c23. The van der Waals surface area contributed by atoms with Crippen LogP contribution in [0.4, 0.5) is 16.2 Å². The first-order valence-electron chi connectivity index (χ1n) is 5.52. The van der Waals surface area contributed by atoms with Gasteiger partial charge in [0.05, 0.1) is 11.4 Å². The molecule has 0 saturated carbocycles. The van der Waals surface area contributed by atoms with E-state index in [2.05, 4.69) is 12.1 Å². The summed E-state index contributed by atoms with van der Waals surface area (Å²) in [5, 5.41) is 2.30. The van der Waals surface area contributed by atoms with Gasteiger partial charge < -0.3 is 0 Å². The lowest BCUT2D eigenvalue weighted by Gasteiger charge is -2.33. The molecule has 0 bridgehead atoms. The van der Waals surface area contributed by atoms with Gasteiger partial charge in [0.15, 0.2) is 0 Å². The van der Waals surface area contributed by atoms with Gasteiger partial charge in [0, 0.05) is 17.9 Å². The number of hydrogen-bond donors (Lipinski definition) is 0. The second-order valence-corrected chi connectivity index (χ2v) is 5.35. The first-order valence-corrected chi connectivity index (χ1v) is 7.88. The van der Waals surface area contributed by atoms with Crippen LogP contribution in [0.5, 0.6) is 0 Å². The number of urea groups is 1. The molecular weight excluding hydrogens is 264 g/mol. The zero-order valence-corrected chi connectivity index (χ0v) is 11.7. The Morgan fingerprint density at radius 1 is 0.889 bits per heavy atom. The van der Waals surface area contributed by atoms with Crippen LogP contribution in [0, 0.1) is 0 Å². The quantitative estimate of drug-likeness (QED) is 0.770. The van der Waals surface area contributed by atoms with Gasteiger partial charge in [-0.2, -0.15) is 0 Å². The van der Waals surface area contributed by atoms with Gasteiger partial charge in [-0.3, -0.25) is 0 Å². The van der Waals surface area contributed by atoms with Gasteiger partial charge >= 0.3 is 6.03 Å². The largest absolute Gasteiger partial charge is 0.349 e. The third-order valence-corrected chi connectivity index (χ3v) is 4.45. The van der Waals surface area contributed by atoms with Gasteiger partial charge in [-0.25, -0.2) is 13.4 Å². The van der Waals surface area contributed by atoms with E-state index >= 15 is 0 Å². The summed E-state index contributed by atoms with van der Waals surface area (Å²) < 4.78 is 3.48. The van der Waals surface area contributed by atoms with Gasteiger partial charge in [-0.1, -0.05) is 24.3 Å². The van der Waals surface area contributed by atoms with Crippen LogP contribution in [0.3, 0.4) is 0 Å². The van der Waals surface area contributed by atoms with Crippen molar-refractivity contribution in [3.05, 3.63) is 36.4 Å².